The van der Waals surface area contributed by atoms with Crippen molar-refractivity contribution in [3.63, 3.8) is 0 Å². The number of carboxylic acid groups (broad SMARTS) is 1. The number of aryl methyl sites for hydroxylation is 1. The summed E-state index contributed by atoms with van der Waals surface area (Å²) in [6.45, 7) is 5.16. The molecule has 1 saturated carbocycles. The number of hydrogen-bond acceptors (Lipinski definition) is 3. The van der Waals surface area contributed by atoms with Crippen LogP contribution in [-0.2, 0) is 16.0 Å². The van der Waals surface area contributed by atoms with E-state index in [1.807, 2.05) is 4.90 Å². The van der Waals surface area contributed by atoms with Gasteiger partial charge in [-0.25, -0.2) is 0 Å². The molecule has 26 heavy (non-hydrogen) atoms. The summed E-state index contributed by atoms with van der Waals surface area (Å²) in [7, 11) is 0. The van der Waals surface area contributed by atoms with Gasteiger partial charge in [-0.1, -0.05) is 38.3 Å². The van der Waals surface area contributed by atoms with Crippen LogP contribution in [0.2, 0.25) is 0 Å². The Labute approximate surface area is 156 Å². The van der Waals surface area contributed by atoms with E-state index in [-0.39, 0.29) is 11.8 Å². The standard InChI is InChI=1S/C21H30N2O3/c1-2-5-16-8-10-17(11-9-16)22-12-14-23(15-13-22)20(24)18-6-3-4-7-19(18)21(25)26/h8-11,18-19H,2-7,12-15H2,1H3,(H,25,26)/t18-,19-/m1/s1. The highest BCUT2D eigenvalue weighted by Crippen LogP contribution is 2.32. The minimum atomic E-state index is -0.811. The summed E-state index contributed by atoms with van der Waals surface area (Å²) < 4.78 is 0. The van der Waals surface area contributed by atoms with Crippen molar-refractivity contribution in [2.45, 2.75) is 45.4 Å². The molecule has 0 spiro atoms. The van der Waals surface area contributed by atoms with Gasteiger partial charge in [-0.3, -0.25) is 9.59 Å². The maximum Gasteiger partial charge on any atom is 0.307 e. The Morgan fingerprint density at radius 2 is 1.62 bits per heavy atom. The highest BCUT2D eigenvalue weighted by Gasteiger charge is 2.38. The zero-order valence-electron chi connectivity index (χ0n) is 15.7. The third-order valence-electron chi connectivity index (χ3n) is 5.83. The summed E-state index contributed by atoms with van der Waals surface area (Å²) in [6.07, 6.45) is 5.49. The van der Waals surface area contributed by atoms with Crippen LogP contribution in [0, 0.1) is 11.8 Å². The van der Waals surface area contributed by atoms with Gasteiger partial charge >= 0.3 is 5.97 Å². The molecule has 142 valence electrons. The lowest BCUT2D eigenvalue weighted by molar-refractivity contribution is -0.152. The summed E-state index contributed by atoms with van der Waals surface area (Å²) in [4.78, 5) is 28.6. The van der Waals surface area contributed by atoms with Crippen LogP contribution in [0.3, 0.4) is 0 Å². The molecule has 0 aromatic heterocycles. The number of benzene rings is 1. The average Bonchev–Trinajstić information content (AvgIpc) is 2.68. The molecule has 1 amide bonds. The molecule has 3 rings (SSSR count). The Bertz CT molecular complexity index is 621. The van der Waals surface area contributed by atoms with Crippen molar-refractivity contribution in [1.82, 2.24) is 4.90 Å². The van der Waals surface area contributed by atoms with Gasteiger partial charge in [-0.05, 0) is 37.0 Å². The lowest BCUT2D eigenvalue weighted by Gasteiger charge is -2.39. The van der Waals surface area contributed by atoms with Crippen molar-refractivity contribution in [2.75, 3.05) is 31.1 Å². The van der Waals surface area contributed by atoms with Crippen LogP contribution in [0.15, 0.2) is 24.3 Å². The number of nitrogens with zero attached hydrogens (tertiary/aromatic N) is 2. The van der Waals surface area contributed by atoms with E-state index in [0.29, 0.717) is 19.5 Å². The van der Waals surface area contributed by atoms with Crippen LogP contribution in [0.4, 0.5) is 5.69 Å². The summed E-state index contributed by atoms with van der Waals surface area (Å²) in [6, 6.07) is 8.72. The number of rotatable bonds is 5. The molecule has 0 unspecified atom stereocenters. The van der Waals surface area contributed by atoms with Crippen LogP contribution >= 0.6 is 0 Å². The lowest BCUT2D eigenvalue weighted by Crippen LogP contribution is -2.52. The maximum atomic E-state index is 12.9. The van der Waals surface area contributed by atoms with Gasteiger partial charge < -0.3 is 14.9 Å². The van der Waals surface area contributed by atoms with Gasteiger partial charge in [0.25, 0.3) is 0 Å². The van der Waals surface area contributed by atoms with Gasteiger partial charge in [-0.15, -0.1) is 0 Å². The van der Waals surface area contributed by atoms with E-state index in [9.17, 15) is 14.7 Å². The van der Waals surface area contributed by atoms with Gasteiger partial charge in [0.2, 0.25) is 5.91 Å². The fourth-order valence-corrected chi connectivity index (χ4v) is 4.30. The first-order valence-electron chi connectivity index (χ1n) is 9.95. The second-order valence-electron chi connectivity index (χ2n) is 7.56. The van der Waals surface area contributed by atoms with Crippen LogP contribution in [-0.4, -0.2) is 48.1 Å². The monoisotopic (exact) mass is 358 g/mol. The van der Waals surface area contributed by atoms with Crippen LogP contribution in [0.1, 0.15) is 44.6 Å². The molecule has 1 saturated heterocycles. The van der Waals surface area contributed by atoms with Gasteiger partial charge in [0, 0.05) is 31.9 Å². The Kier molecular flexibility index (Phi) is 6.17. The third kappa shape index (κ3) is 4.19. The zero-order chi connectivity index (χ0) is 18.5. The number of carboxylic acids is 1. The fraction of sp³-hybridized carbons (Fsp3) is 0.619. The van der Waals surface area contributed by atoms with Crippen molar-refractivity contribution < 1.29 is 14.7 Å². The van der Waals surface area contributed by atoms with E-state index in [1.54, 1.807) is 0 Å². The number of carbonyl (C=O) groups excluding carboxylic acids is 1. The maximum absolute atomic E-state index is 12.9. The quantitative estimate of drug-likeness (QED) is 0.878. The molecular weight excluding hydrogens is 328 g/mol. The van der Waals surface area contributed by atoms with Gasteiger partial charge in [0.15, 0.2) is 0 Å². The molecular formula is C21H30N2O3. The SMILES string of the molecule is CCCc1ccc(N2CCN(C(=O)[C@@H]3CCCC[C@H]3C(=O)O)CC2)cc1. The van der Waals surface area contributed by atoms with Crippen LogP contribution in [0.25, 0.3) is 0 Å². The Hall–Kier alpha value is -2.04. The second kappa shape index (κ2) is 8.56. The molecule has 2 fully saturated rings. The average molecular weight is 358 g/mol. The number of anilines is 1. The van der Waals surface area contributed by atoms with Crippen molar-refractivity contribution in [1.29, 1.82) is 0 Å². The summed E-state index contributed by atoms with van der Waals surface area (Å²) in [5.41, 5.74) is 2.57. The predicted octanol–water partition coefficient (Wildman–Crippen LogP) is 3.18. The molecule has 0 bridgehead atoms. The van der Waals surface area contributed by atoms with Gasteiger partial charge in [0.05, 0.1) is 11.8 Å². The summed E-state index contributed by atoms with van der Waals surface area (Å²) >= 11 is 0. The van der Waals surface area contributed by atoms with Crippen LogP contribution < -0.4 is 4.90 Å². The fourth-order valence-electron chi connectivity index (χ4n) is 4.30. The van der Waals surface area contributed by atoms with E-state index in [0.717, 1.165) is 45.2 Å². The highest BCUT2D eigenvalue weighted by molar-refractivity contribution is 5.85. The van der Waals surface area contributed by atoms with E-state index in [4.69, 9.17) is 0 Å². The molecule has 2 atom stereocenters. The van der Waals surface area contributed by atoms with Crippen molar-refractivity contribution in [3.8, 4) is 0 Å². The molecule has 1 aliphatic heterocycles. The van der Waals surface area contributed by atoms with Crippen molar-refractivity contribution in [2.24, 2.45) is 11.8 Å². The van der Waals surface area contributed by atoms with E-state index in [2.05, 4.69) is 36.1 Å². The van der Waals surface area contributed by atoms with E-state index in [1.165, 1.54) is 11.3 Å². The Balaban J connectivity index is 1.57. The first-order valence-corrected chi connectivity index (χ1v) is 9.95. The number of carbonyl (C=O) groups is 2. The normalized spacial score (nSPS) is 23.7. The summed E-state index contributed by atoms with van der Waals surface area (Å²) in [5, 5.41) is 9.43. The zero-order valence-corrected chi connectivity index (χ0v) is 15.7. The molecule has 1 N–H and O–H groups in total. The van der Waals surface area contributed by atoms with Crippen molar-refractivity contribution >= 4 is 17.6 Å². The lowest BCUT2D eigenvalue weighted by atomic mass is 9.78. The van der Waals surface area contributed by atoms with Crippen molar-refractivity contribution in [3.05, 3.63) is 29.8 Å². The predicted molar refractivity (Wildman–Crippen MR) is 102 cm³/mol. The first-order chi connectivity index (χ1) is 12.6. The number of amides is 1. The highest BCUT2D eigenvalue weighted by atomic mass is 16.4. The number of aliphatic carboxylic acids is 1. The Morgan fingerprint density at radius 1 is 1.00 bits per heavy atom. The largest absolute Gasteiger partial charge is 0.481 e. The molecule has 1 heterocycles. The first kappa shape index (κ1) is 18.7. The topological polar surface area (TPSA) is 60.9 Å². The van der Waals surface area contributed by atoms with Gasteiger partial charge in [-0.2, -0.15) is 0 Å². The minimum Gasteiger partial charge on any atom is -0.481 e. The Morgan fingerprint density at radius 3 is 2.19 bits per heavy atom. The summed E-state index contributed by atoms with van der Waals surface area (Å²) in [5.74, 6) is -1.59. The van der Waals surface area contributed by atoms with Crippen LogP contribution in [0.5, 0.6) is 0 Å². The van der Waals surface area contributed by atoms with E-state index < -0.39 is 11.9 Å². The molecule has 0 radical (unpaired) electrons. The molecule has 2 aliphatic rings. The molecule has 1 aromatic rings. The second-order valence-corrected chi connectivity index (χ2v) is 7.56. The minimum absolute atomic E-state index is 0.0510. The molecule has 1 aromatic carbocycles. The molecule has 1 aliphatic carbocycles. The third-order valence-corrected chi connectivity index (χ3v) is 5.83. The molecule has 5 nitrogen and oxygen atoms in total. The smallest absolute Gasteiger partial charge is 0.307 e. The van der Waals surface area contributed by atoms with E-state index >= 15 is 0 Å². The molecule has 5 heteroatoms. The van der Waals surface area contributed by atoms with Gasteiger partial charge in [0.1, 0.15) is 0 Å². The number of piperazine rings is 1. The number of hydrogen-bond donors (Lipinski definition) is 1.